The number of thiazole rings is 1. The van der Waals surface area contributed by atoms with E-state index in [2.05, 4.69) is 32.6 Å². The van der Waals surface area contributed by atoms with Gasteiger partial charge in [-0.1, -0.05) is 57.2 Å². The minimum atomic E-state index is -0.105. The van der Waals surface area contributed by atoms with Crippen LogP contribution in [0.15, 0.2) is 42.5 Å². The zero-order chi connectivity index (χ0) is 23.8. The average Bonchev–Trinajstić information content (AvgIpc) is 3.26. The molecule has 0 aliphatic heterocycles. The monoisotopic (exact) mass is 469 g/mol. The first-order chi connectivity index (χ1) is 16.0. The largest absolute Gasteiger partial charge is 0.492 e. The molecule has 1 heterocycles. The number of fused-ring (bicyclic) bond motifs is 1. The van der Waals surface area contributed by atoms with Gasteiger partial charge in [-0.15, -0.1) is 0 Å². The second-order valence-corrected chi connectivity index (χ2v) is 9.13. The molecule has 0 fully saturated rings. The van der Waals surface area contributed by atoms with Gasteiger partial charge in [0.15, 0.2) is 11.7 Å². The van der Waals surface area contributed by atoms with Gasteiger partial charge in [0.2, 0.25) is 0 Å². The van der Waals surface area contributed by atoms with Crippen molar-refractivity contribution >= 4 is 32.6 Å². The van der Waals surface area contributed by atoms with E-state index in [1.165, 1.54) is 16.9 Å². The molecule has 0 aliphatic rings. The van der Waals surface area contributed by atoms with Crippen LogP contribution in [0.3, 0.4) is 0 Å². The summed E-state index contributed by atoms with van der Waals surface area (Å²) in [4.78, 5) is 22.1. The molecule has 1 aromatic heterocycles. The van der Waals surface area contributed by atoms with Crippen molar-refractivity contribution in [3.8, 4) is 11.5 Å². The summed E-state index contributed by atoms with van der Waals surface area (Å²) in [5.41, 5.74) is 2.04. The van der Waals surface area contributed by atoms with E-state index < -0.39 is 0 Å². The number of nitrogens with zero attached hydrogens (tertiary/aromatic N) is 3. The normalized spacial score (nSPS) is 11.4. The van der Waals surface area contributed by atoms with Crippen molar-refractivity contribution in [1.82, 2.24) is 9.88 Å². The highest BCUT2D eigenvalue weighted by Crippen LogP contribution is 2.34. The van der Waals surface area contributed by atoms with E-state index in [4.69, 9.17) is 14.5 Å². The molecule has 178 valence electrons. The third kappa shape index (κ3) is 6.45. The van der Waals surface area contributed by atoms with Crippen LogP contribution in [0.2, 0.25) is 0 Å². The van der Waals surface area contributed by atoms with Crippen LogP contribution >= 0.6 is 11.3 Å². The third-order valence-corrected chi connectivity index (χ3v) is 6.69. The Bertz CT molecular complexity index is 1030. The van der Waals surface area contributed by atoms with Crippen LogP contribution < -0.4 is 14.4 Å². The number of rotatable bonds is 12. The highest BCUT2D eigenvalue weighted by Gasteiger charge is 2.22. The van der Waals surface area contributed by atoms with Gasteiger partial charge in [0.1, 0.15) is 17.0 Å². The molecule has 0 unspecified atom stereocenters. The fourth-order valence-electron chi connectivity index (χ4n) is 3.58. The Morgan fingerprint density at radius 3 is 2.36 bits per heavy atom. The quantitative estimate of drug-likeness (QED) is 0.347. The van der Waals surface area contributed by atoms with Crippen LogP contribution in [0.4, 0.5) is 5.13 Å². The average molecular weight is 470 g/mol. The van der Waals surface area contributed by atoms with Crippen molar-refractivity contribution in [2.45, 2.75) is 40.5 Å². The number of benzene rings is 2. The second-order valence-electron chi connectivity index (χ2n) is 8.12. The summed E-state index contributed by atoms with van der Waals surface area (Å²) in [5, 5.41) is 0.674. The van der Waals surface area contributed by atoms with Gasteiger partial charge in [-0.3, -0.25) is 9.69 Å². The fourth-order valence-corrected chi connectivity index (χ4v) is 4.61. The van der Waals surface area contributed by atoms with Crippen LogP contribution in [0.5, 0.6) is 11.5 Å². The first kappa shape index (κ1) is 25.0. The Kier molecular flexibility index (Phi) is 9.09. The summed E-state index contributed by atoms with van der Waals surface area (Å²) >= 11 is 1.51. The number of para-hydroxylation sites is 1. The molecule has 0 atom stereocenters. The summed E-state index contributed by atoms with van der Waals surface area (Å²) in [6.07, 6.45) is 0. The first-order valence-electron chi connectivity index (χ1n) is 11.7. The predicted octanol–water partition coefficient (Wildman–Crippen LogP) is 5.57. The van der Waals surface area contributed by atoms with Crippen LogP contribution in [-0.4, -0.2) is 55.2 Å². The molecular weight excluding hydrogens is 434 g/mol. The molecule has 7 heteroatoms. The maximum absolute atomic E-state index is 13.3. The molecule has 2 aromatic carbocycles. The van der Waals surface area contributed by atoms with E-state index in [0.717, 1.165) is 35.6 Å². The van der Waals surface area contributed by atoms with Crippen LogP contribution in [-0.2, 0) is 4.79 Å². The number of carbonyl (C=O) groups is 1. The number of amides is 1. The smallest absolute Gasteiger partial charge is 0.266 e. The molecule has 3 aromatic rings. The van der Waals surface area contributed by atoms with E-state index in [1.807, 2.05) is 49.4 Å². The summed E-state index contributed by atoms with van der Waals surface area (Å²) < 4.78 is 12.6. The standard InChI is InChI=1S/C26H35N3O3S/c1-6-28(7-2)16-17-29(24(30)18-32-21-14-12-20(13-15-21)19(4)5)26-27-25-22(31-8-3)10-9-11-23(25)33-26/h9-15,19H,6-8,16-18H2,1-5H3. The lowest BCUT2D eigenvalue weighted by Gasteiger charge is -2.24. The van der Waals surface area contributed by atoms with Gasteiger partial charge in [-0.25, -0.2) is 4.98 Å². The van der Waals surface area contributed by atoms with Gasteiger partial charge in [-0.05, 0) is 55.8 Å². The molecule has 1 amide bonds. The minimum Gasteiger partial charge on any atom is -0.492 e. The minimum absolute atomic E-state index is 0.0342. The number of ether oxygens (including phenoxy) is 2. The molecule has 6 nitrogen and oxygen atoms in total. The van der Waals surface area contributed by atoms with Gasteiger partial charge in [-0.2, -0.15) is 0 Å². The van der Waals surface area contributed by atoms with Crippen molar-refractivity contribution in [3.05, 3.63) is 48.0 Å². The number of anilines is 1. The van der Waals surface area contributed by atoms with Gasteiger partial charge >= 0.3 is 0 Å². The van der Waals surface area contributed by atoms with Crippen LogP contribution in [0.1, 0.15) is 46.1 Å². The van der Waals surface area contributed by atoms with Crippen LogP contribution in [0.25, 0.3) is 10.2 Å². The third-order valence-electron chi connectivity index (χ3n) is 5.65. The van der Waals surface area contributed by atoms with Crippen molar-refractivity contribution in [2.75, 3.05) is 44.3 Å². The molecule has 0 saturated heterocycles. The lowest BCUT2D eigenvalue weighted by atomic mass is 10.0. The molecule has 0 radical (unpaired) electrons. The van der Waals surface area contributed by atoms with E-state index in [9.17, 15) is 4.79 Å². The molecular formula is C26H35N3O3S. The molecule has 0 saturated carbocycles. The van der Waals surface area contributed by atoms with Crippen molar-refractivity contribution in [1.29, 1.82) is 0 Å². The van der Waals surface area contributed by atoms with Crippen molar-refractivity contribution < 1.29 is 14.3 Å². The number of aromatic nitrogens is 1. The summed E-state index contributed by atoms with van der Waals surface area (Å²) in [5.74, 6) is 1.79. The maximum Gasteiger partial charge on any atom is 0.266 e. The Morgan fingerprint density at radius 2 is 1.73 bits per heavy atom. The van der Waals surface area contributed by atoms with E-state index >= 15 is 0 Å². The lowest BCUT2D eigenvalue weighted by molar-refractivity contribution is -0.120. The second kappa shape index (κ2) is 12.0. The Labute approximate surface area is 201 Å². The predicted molar refractivity (Wildman–Crippen MR) is 137 cm³/mol. The molecule has 0 aliphatic carbocycles. The first-order valence-corrected chi connectivity index (χ1v) is 12.6. The fraction of sp³-hybridized carbons (Fsp3) is 0.462. The molecule has 33 heavy (non-hydrogen) atoms. The van der Waals surface area contributed by atoms with Crippen molar-refractivity contribution in [2.24, 2.45) is 0 Å². The van der Waals surface area contributed by atoms with Crippen molar-refractivity contribution in [3.63, 3.8) is 0 Å². The van der Waals surface area contributed by atoms with Crippen LogP contribution in [0, 0.1) is 0 Å². The Balaban J connectivity index is 1.80. The number of hydrogen-bond acceptors (Lipinski definition) is 6. The van der Waals surface area contributed by atoms with Gasteiger partial charge in [0, 0.05) is 13.1 Å². The molecule has 0 N–H and O–H groups in total. The zero-order valence-corrected chi connectivity index (χ0v) is 21.2. The van der Waals surface area contributed by atoms with E-state index in [-0.39, 0.29) is 12.5 Å². The Morgan fingerprint density at radius 1 is 1.00 bits per heavy atom. The van der Waals surface area contributed by atoms with Gasteiger partial charge < -0.3 is 14.4 Å². The number of likely N-dealkylation sites (N-methyl/N-ethyl adjacent to an activating group) is 1. The molecule has 0 spiro atoms. The SMILES string of the molecule is CCOc1cccc2sc(N(CCN(CC)CC)C(=O)COc3ccc(C(C)C)cc3)nc12. The topological polar surface area (TPSA) is 54.9 Å². The lowest BCUT2D eigenvalue weighted by Crippen LogP contribution is -2.41. The summed E-state index contributed by atoms with van der Waals surface area (Å²) in [6, 6.07) is 13.8. The Hall–Kier alpha value is -2.64. The molecule has 3 rings (SSSR count). The molecule has 0 bridgehead atoms. The highest BCUT2D eigenvalue weighted by molar-refractivity contribution is 7.22. The summed E-state index contributed by atoms with van der Waals surface area (Å²) in [7, 11) is 0. The van der Waals surface area contributed by atoms with Gasteiger partial charge in [0.25, 0.3) is 5.91 Å². The maximum atomic E-state index is 13.3. The number of hydrogen-bond donors (Lipinski definition) is 0. The van der Waals surface area contributed by atoms with E-state index in [0.29, 0.717) is 30.0 Å². The highest BCUT2D eigenvalue weighted by atomic mass is 32.1. The number of carbonyl (C=O) groups excluding carboxylic acids is 1. The summed E-state index contributed by atoms with van der Waals surface area (Å²) in [6.45, 7) is 14.3. The van der Waals surface area contributed by atoms with Gasteiger partial charge in [0.05, 0.1) is 11.3 Å². The zero-order valence-electron chi connectivity index (χ0n) is 20.3. The van der Waals surface area contributed by atoms with E-state index in [1.54, 1.807) is 4.90 Å².